The molecule has 2 rings (SSSR count). The molecule has 0 radical (unpaired) electrons. The Morgan fingerprint density at radius 3 is 2.88 bits per heavy atom. The lowest BCUT2D eigenvalue weighted by molar-refractivity contribution is 0.516. The van der Waals surface area contributed by atoms with Crippen LogP contribution < -0.4 is 11.1 Å². The minimum absolute atomic E-state index is 0.581. The lowest BCUT2D eigenvalue weighted by Gasteiger charge is -2.22. The van der Waals surface area contributed by atoms with Gasteiger partial charge in [0.15, 0.2) is 0 Å². The number of hydrogen-bond acceptors (Lipinski definition) is 2. The van der Waals surface area contributed by atoms with Gasteiger partial charge in [0.2, 0.25) is 0 Å². The minimum Gasteiger partial charge on any atom is -0.382 e. The van der Waals surface area contributed by atoms with Crippen molar-refractivity contribution in [2.45, 2.75) is 38.6 Å². The van der Waals surface area contributed by atoms with Crippen molar-refractivity contribution >= 4 is 5.69 Å². The number of benzene rings is 1. The molecule has 1 aliphatic rings. The summed E-state index contributed by atoms with van der Waals surface area (Å²) >= 11 is 0. The van der Waals surface area contributed by atoms with Crippen molar-refractivity contribution in [1.82, 2.24) is 0 Å². The Hall–Kier alpha value is -1.02. The number of anilines is 1. The van der Waals surface area contributed by atoms with E-state index in [9.17, 15) is 0 Å². The highest BCUT2D eigenvalue weighted by atomic mass is 14.9. The molecule has 0 bridgehead atoms. The smallest absolute Gasteiger partial charge is 0.0374 e. The van der Waals surface area contributed by atoms with Gasteiger partial charge in [-0.1, -0.05) is 31.5 Å². The maximum absolute atomic E-state index is 5.81. The van der Waals surface area contributed by atoms with Crippen LogP contribution in [0.25, 0.3) is 0 Å². The molecule has 1 aromatic rings. The number of nitrogens with one attached hydrogen (secondary N) is 1. The summed E-state index contributed by atoms with van der Waals surface area (Å²) in [7, 11) is 0. The Morgan fingerprint density at radius 2 is 2.12 bits per heavy atom. The van der Waals surface area contributed by atoms with Crippen LogP contribution in [0.15, 0.2) is 24.3 Å². The van der Waals surface area contributed by atoms with Gasteiger partial charge in [-0.05, 0) is 43.4 Å². The van der Waals surface area contributed by atoms with Gasteiger partial charge in [0.05, 0.1) is 0 Å². The van der Waals surface area contributed by atoms with E-state index in [1.807, 2.05) is 0 Å². The van der Waals surface area contributed by atoms with E-state index in [2.05, 4.69) is 36.5 Å². The Morgan fingerprint density at radius 1 is 1.31 bits per heavy atom. The highest BCUT2D eigenvalue weighted by molar-refractivity contribution is 5.52. The highest BCUT2D eigenvalue weighted by Gasteiger charge is 2.25. The van der Waals surface area contributed by atoms with Crippen molar-refractivity contribution in [3.05, 3.63) is 29.8 Å². The number of rotatable bonds is 4. The molecular formula is C14H22N2. The van der Waals surface area contributed by atoms with Crippen LogP contribution in [-0.2, 0) is 6.42 Å². The predicted octanol–water partition coefficient (Wildman–Crippen LogP) is 2.79. The number of nitrogens with two attached hydrogens (primary N) is 1. The zero-order chi connectivity index (χ0) is 11.4. The van der Waals surface area contributed by atoms with Crippen LogP contribution >= 0.6 is 0 Å². The topological polar surface area (TPSA) is 38.0 Å². The van der Waals surface area contributed by atoms with Gasteiger partial charge in [0, 0.05) is 11.7 Å². The summed E-state index contributed by atoms with van der Waals surface area (Å²) in [6.07, 6.45) is 4.94. The predicted molar refractivity (Wildman–Crippen MR) is 69.6 cm³/mol. The molecule has 1 aromatic carbocycles. The van der Waals surface area contributed by atoms with Crippen LogP contribution in [0, 0.1) is 5.92 Å². The minimum atomic E-state index is 0.581. The monoisotopic (exact) mass is 218 g/mol. The second-order valence-electron chi connectivity index (χ2n) is 4.69. The van der Waals surface area contributed by atoms with E-state index in [1.54, 1.807) is 0 Å². The van der Waals surface area contributed by atoms with Crippen LogP contribution in [0.1, 0.15) is 31.7 Å². The van der Waals surface area contributed by atoms with Gasteiger partial charge in [0.25, 0.3) is 0 Å². The van der Waals surface area contributed by atoms with Crippen LogP contribution in [0.3, 0.4) is 0 Å². The second kappa shape index (κ2) is 5.35. The molecule has 0 saturated heterocycles. The summed E-state index contributed by atoms with van der Waals surface area (Å²) < 4.78 is 0. The first-order valence-electron chi connectivity index (χ1n) is 6.39. The SMILES string of the molecule is CCc1ccccc1NC1CCCC1CN. The maximum atomic E-state index is 5.81. The van der Waals surface area contributed by atoms with Crippen LogP contribution in [0.2, 0.25) is 0 Å². The molecule has 2 heteroatoms. The number of para-hydroxylation sites is 1. The molecular weight excluding hydrogens is 196 g/mol. The van der Waals surface area contributed by atoms with Gasteiger partial charge in [-0.3, -0.25) is 0 Å². The van der Waals surface area contributed by atoms with Crippen LogP contribution in [-0.4, -0.2) is 12.6 Å². The molecule has 0 amide bonds. The average Bonchev–Trinajstić information content (AvgIpc) is 2.77. The molecule has 2 atom stereocenters. The van der Waals surface area contributed by atoms with Crippen molar-refractivity contribution in [3.8, 4) is 0 Å². The summed E-state index contributed by atoms with van der Waals surface area (Å²) in [6.45, 7) is 3.02. The van der Waals surface area contributed by atoms with Crippen LogP contribution in [0.5, 0.6) is 0 Å². The second-order valence-corrected chi connectivity index (χ2v) is 4.69. The van der Waals surface area contributed by atoms with Crippen molar-refractivity contribution in [1.29, 1.82) is 0 Å². The quantitative estimate of drug-likeness (QED) is 0.815. The number of hydrogen-bond donors (Lipinski definition) is 2. The molecule has 3 N–H and O–H groups in total. The first kappa shape index (κ1) is 11.5. The van der Waals surface area contributed by atoms with Crippen molar-refractivity contribution in [3.63, 3.8) is 0 Å². The summed E-state index contributed by atoms with van der Waals surface area (Å²) in [5, 5.41) is 3.68. The molecule has 2 unspecified atom stereocenters. The molecule has 0 aromatic heterocycles. The van der Waals surface area contributed by atoms with Crippen molar-refractivity contribution < 1.29 is 0 Å². The number of aryl methyl sites for hydroxylation is 1. The lowest BCUT2D eigenvalue weighted by Crippen LogP contribution is -2.29. The van der Waals surface area contributed by atoms with Gasteiger partial charge in [-0.2, -0.15) is 0 Å². The molecule has 1 fully saturated rings. The van der Waals surface area contributed by atoms with Gasteiger partial charge >= 0.3 is 0 Å². The van der Waals surface area contributed by atoms with Gasteiger partial charge < -0.3 is 11.1 Å². The fourth-order valence-corrected chi connectivity index (χ4v) is 2.68. The average molecular weight is 218 g/mol. The molecule has 0 heterocycles. The molecule has 0 aliphatic heterocycles. The van der Waals surface area contributed by atoms with E-state index < -0.39 is 0 Å². The van der Waals surface area contributed by atoms with E-state index in [0.717, 1.165) is 13.0 Å². The summed E-state index contributed by atoms with van der Waals surface area (Å²) in [4.78, 5) is 0. The van der Waals surface area contributed by atoms with Gasteiger partial charge in [0.1, 0.15) is 0 Å². The molecule has 88 valence electrons. The third-order valence-electron chi connectivity index (χ3n) is 3.70. The molecule has 16 heavy (non-hydrogen) atoms. The Kier molecular flexibility index (Phi) is 3.83. The van der Waals surface area contributed by atoms with Crippen molar-refractivity contribution in [2.24, 2.45) is 11.7 Å². The molecule has 1 aliphatic carbocycles. The largest absolute Gasteiger partial charge is 0.382 e. The van der Waals surface area contributed by atoms with Crippen molar-refractivity contribution in [2.75, 3.05) is 11.9 Å². The third-order valence-corrected chi connectivity index (χ3v) is 3.70. The fraction of sp³-hybridized carbons (Fsp3) is 0.571. The maximum Gasteiger partial charge on any atom is 0.0374 e. The highest BCUT2D eigenvalue weighted by Crippen LogP contribution is 2.29. The van der Waals surface area contributed by atoms with E-state index in [-0.39, 0.29) is 0 Å². The lowest BCUT2D eigenvalue weighted by atomic mass is 10.0. The van der Waals surface area contributed by atoms with E-state index >= 15 is 0 Å². The fourth-order valence-electron chi connectivity index (χ4n) is 2.68. The van der Waals surface area contributed by atoms with Gasteiger partial charge in [-0.15, -0.1) is 0 Å². The van der Waals surface area contributed by atoms with E-state index in [1.165, 1.54) is 30.5 Å². The zero-order valence-electron chi connectivity index (χ0n) is 10.1. The van der Waals surface area contributed by atoms with Crippen LogP contribution in [0.4, 0.5) is 5.69 Å². The van der Waals surface area contributed by atoms with E-state index in [4.69, 9.17) is 5.73 Å². The zero-order valence-corrected chi connectivity index (χ0v) is 10.1. The van der Waals surface area contributed by atoms with E-state index in [0.29, 0.717) is 12.0 Å². The summed E-state index contributed by atoms with van der Waals surface area (Å²) in [6, 6.07) is 9.18. The summed E-state index contributed by atoms with van der Waals surface area (Å²) in [5.74, 6) is 0.657. The Balaban J connectivity index is 2.08. The molecule has 0 spiro atoms. The molecule has 2 nitrogen and oxygen atoms in total. The van der Waals surface area contributed by atoms with Gasteiger partial charge in [-0.25, -0.2) is 0 Å². The third kappa shape index (κ3) is 2.38. The standard InChI is InChI=1S/C14H22N2/c1-2-11-6-3-4-8-13(11)16-14-9-5-7-12(14)10-15/h3-4,6,8,12,14,16H,2,5,7,9-10,15H2,1H3. The first-order valence-corrected chi connectivity index (χ1v) is 6.39. The Labute approximate surface area is 98.2 Å². The normalized spacial score (nSPS) is 24.6. The Bertz CT molecular complexity index is 335. The molecule has 1 saturated carbocycles. The first-order chi connectivity index (χ1) is 7.85. The summed E-state index contributed by atoms with van der Waals surface area (Å²) in [5.41, 5.74) is 8.52.